The summed E-state index contributed by atoms with van der Waals surface area (Å²) in [5.74, 6) is -3.45. The zero-order valence-electron chi connectivity index (χ0n) is 29.1. The summed E-state index contributed by atoms with van der Waals surface area (Å²) < 4.78 is 13.0. The van der Waals surface area contributed by atoms with Crippen LogP contribution in [0.15, 0.2) is 55.6 Å². The number of allylic oxidation sites excluding steroid dienone is 1. The van der Waals surface area contributed by atoms with E-state index < -0.39 is 65.2 Å². The van der Waals surface area contributed by atoms with Crippen molar-refractivity contribution in [3.8, 4) is 0 Å². The van der Waals surface area contributed by atoms with E-state index in [1.807, 2.05) is 65.0 Å². The van der Waals surface area contributed by atoms with Crippen molar-refractivity contribution >= 4 is 39.6 Å². The van der Waals surface area contributed by atoms with Gasteiger partial charge in [0.2, 0.25) is 17.7 Å². The molecule has 3 amide bonds. The van der Waals surface area contributed by atoms with Crippen molar-refractivity contribution in [3.05, 3.63) is 61.2 Å². The first-order valence-corrected chi connectivity index (χ1v) is 17.9. The molecule has 4 rings (SSSR count). The number of aliphatic hydroxyl groups is 1. The molecule has 2 N–H and O–H groups in total. The van der Waals surface area contributed by atoms with Crippen LogP contribution in [0.5, 0.6) is 0 Å². The summed E-state index contributed by atoms with van der Waals surface area (Å²) in [6.45, 7) is 19.0. The smallest absolute Gasteiger partial charge is 0.313 e. The van der Waals surface area contributed by atoms with Gasteiger partial charge in [0.05, 0.1) is 36.6 Å². The summed E-state index contributed by atoms with van der Waals surface area (Å²) in [5, 5.41) is 13.6. The Kier molecular flexibility index (Phi) is 12.0. The molecule has 10 nitrogen and oxygen atoms in total. The molecule has 0 radical (unpaired) electrons. The van der Waals surface area contributed by atoms with Crippen molar-refractivity contribution < 1.29 is 33.8 Å². The van der Waals surface area contributed by atoms with Gasteiger partial charge in [-0.2, -0.15) is 0 Å². The molecule has 264 valence electrons. The van der Waals surface area contributed by atoms with Crippen molar-refractivity contribution in [2.75, 3.05) is 13.2 Å². The second kappa shape index (κ2) is 15.3. The summed E-state index contributed by atoms with van der Waals surface area (Å²) in [4.78, 5) is 59.4. The number of fused-ring (bicyclic) bond motifs is 1. The SMILES string of the molecule is C=CCCC(=O)N[C@@H](C)[C@H](OC(=O)[C@H]1[C@@H]2O[C@@]3(CC2Br)[C@@H]1C(=O)N([C@@H](CO)CC(C)C)[C@@H]3C(=O)N(CC=C)C(C)(C)C)c1ccccc1. The van der Waals surface area contributed by atoms with Gasteiger partial charge in [0.25, 0.3) is 0 Å². The van der Waals surface area contributed by atoms with Gasteiger partial charge < -0.3 is 29.7 Å². The van der Waals surface area contributed by atoms with Gasteiger partial charge in [0.15, 0.2) is 0 Å². The van der Waals surface area contributed by atoms with Crippen molar-refractivity contribution in [1.29, 1.82) is 0 Å². The Labute approximate surface area is 293 Å². The number of rotatable bonds is 15. The molecule has 1 spiro atoms. The largest absolute Gasteiger partial charge is 0.455 e. The third-order valence-electron chi connectivity index (χ3n) is 9.76. The highest BCUT2D eigenvalue weighted by Gasteiger charge is 2.77. The van der Waals surface area contributed by atoms with Gasteiger partial charge in [-0.15, -0.1) is 13.2 Å². The fourth-order valence-electron chi connectivity index (χ4n) is 7.74. The Morgan fingerprint density at radius 1 is 1.19 bits per heavy atom. The Morgan fingerprint density at radius 2 is 1.85 bits per heavy atom. The number of carbonyl (C=O) groups is 4. The second-order valence-electron chi connectivity index (χ2n) is 14.7. The van der Waals surface area contributed by atoms with Crippen molar-refractivity contribution in [3.63, 3.8) is 0 Å². The topological polar surface area (TPSA) is 125 Å². The Hall–Kier alpha value is -3.02. The van der Waals surface area contributed by atoms with Gasteiger partial charge in [-0.1, -0.05) is 72.3 Å². The Bertz CT molecular complexity index is 1360. The number of alkyl halides is 1. The van der Waals surface area contributed by atoms with E-state index in [1.165, 1.54) is 4.90 Å². The van der Waals surface area contributed by atoms with Gasteiger partial charge in [-0.05, 0) is 58.4 Å². The standard InChI is InChI=1S/C37H52BrN3O7/c1-9-11-17-27(43)39-23(5)30(24-15-13-12-14-16-24)47-35(46)28-29-33(44)41(25(21-42)19-22(3)4)32(37(29)20-26(38)31(28)48-37)34(45)40(18-10-2)36(6,7)8/h9-10,12-16,22-23,25-26,28-32,42H,1-2,11,17-21H2,3-8H3,(H,39,43)/t23-,25+,26?,28+,29-,30-,31+,32+,37-/m0/s1. The average molecular weight is 731 g/mol. The molecule has 1 aromatic rings. The maximum atomic E-state index is 14.7. The molecule has 0 aromatic heterocycles. The van der Waals surface area contributed by atoms with Gasteiger partial charge in [0.1, 0.15) is 17.7 Å². The molecule has 3 fully saturated rings. The van der Waals surface area contributed by atoms with E-state index in [1.54, 1.807) is 24.0 Å². The molecule has 0 saturated carbocycles. The number of halogens is 1. The summed E-state index contributed by atoms with van der Waals surface area (Å²) >= 11 is 3.73. The molecule has 3 heterocycles. The molecule has 3 aliphatic rings. The van der Waals surface area contributed by atoms with E-state index in [4.69, 9.17) is 9.47 Å². The van der Waals surface area contributed by atoms with Gasteiger partial charge >= 0.3 is 5.97 Å². The average Bonchev–Trinajstić information content (AvgIpc) is 3.62. The minimum absolute atomic E-state index is 0.118. The molecule has 9 atom stereocenters. The van der Waals surface area contributed by atoms with E-state index in [0.29, 0.717) is 24.8 Å². The molecule has 2 bridgehead atoms. The monoisotopic (exact) mass is 729 g/mol. The Balaban J connectivity index is 1.76. The lowest BCUT2D eigenvalue weighted by molar-refractivity contribution is -0.163. The molecular weight excluding hydrogens is 678 g/mol. The maximum absolute atomic E-state index is 14.7. The van der Waals surface area contributed by atoms with Crippen LogP contribution >= 0.6 is 15.9 Å². The van der Waals surface area contributed by atoms with E-state index >= 15 is 0 Å². The van der Waals surface area contributed by atoms with Gasteiger partial charge in [-0.3, -0.25) is 19.2 Å². The number of hydrogen-bond acceptors (Lipinski definition) is 7. The number of nitrogens with zero attached hydrogens (tertiary/aromatic N) is 2. The molecule has 1 unspecified atom stereocenters. The second-order valence-corrected chi connectivity index (χ2v) is 15.9. The van der Waals surface area contributed by atoms with Crippen LogP contribution in [0.2, 0.25) is 0 Å². The normalized spacial score (nSPS) is 28.1. The summed E-state index contributed by atoms with van der Waals surface area (Å²) in [7, 11) is 0. The molecule has 3 saturated heterocycles. The van der Waals surface area contributed by atoms with E-state index in [9.17, 15) is 24.3 Å². The maximum Gasteiger partial charge on any atom is 0.313 e. The van der Waals surface area contributed by atoms with Crippen LogP contribution in [-0.4, -0.2) is 91.9 Å². The molecule has 0 aliphatic carbocycles. The first-order chi connectivity index (χ1) is 22.6. The number of carbonyl (C=O) groups excluding carboxylic acids is 4. The number of nitrogens with one attached hydrogen (secondary N) is 1. The fraction of sp³-hybridized carbons (Fsp3) is 0.622. The highest BCUT2D eigenvalue weighted by Crippen LogP contribution is 2.61. The number of ether oxygens (including phenoxy) is 2. The first-order valence-electron chi connectivity index (χ1n) is 17.0. The van der Waals surface area contributed by atoms with Gasteiger partial charge in [0, 0.05) is 23.3 Å². The lowest BCUT2D eigenvalue weighted by Gasteiger charge is -2.43. The highest BCUT2D eigenvalue weighted by molar-refractivity contribution is 9.09. The number of amides is 3. The lowest BCUT2D eigenvalue weighted by atomic mass is 9.70. The third kappa shape index (κ3) is 7.28. The minimum Gasteiger partial charge on any atom is -0.455 e. The first kappa shape index (κ1) is 37.8. The van der Waals surface area contributed by atoms with E-state index in [0.717, 1.165) is 0 Å². The van der Waals surface area contributed by atoms with Crippen LogP contribution in [0.1, 0.15) is 78.9 Å². The number of esters is 1. The number of aliphatic hydroxyl groups excluding tert-OH is 1. The number of likely N-dealkylation sites (tertiary alicyclic amines) is 1. The third-order valence-corrected chi connectivity index (χ3v) is 10.6. The molecular formula is C37H52BrN3O7. The predicted octanol–water partition coefficient (Wildman–Crippen LogP) is 4.71. The van der Waals surface area contributed by atoms with E-state index in [-0.39, 0.29) is 42.1 Å². The summed E-state index contributed by atoms with van der Waals surface area (Å²) in [6, 6.07) is 6.84. The quantitative estimate of drug-likeness (QED) is 0.152. The number of hydrogen-bond donors (Lipinski definition) is 2. The van der Waals surface area contributed by atoms with Crippen LogP contribution in [0.3, 0.4) is 0 Å². The number of benzene rings is 1. The van der Waals surface area contributed by atoms with E-state index in [2.05, 4.69) is 34.4 Å². The van der Waals surface area contributed by atoms with Crippen LogP contribution in [-0.2, 0) is 28.7 Å². The molecule has 3 aliphatic heterocycles. The van der Waals surface area contributed by atoms with Crippen LogP contribution in [0, 0.1) is 17.8 Å². The van der Waals surface area contributed by atoms with Crippen molar-refractivity contribution in [2.45, 2.75) is 114 Å². The molecule has 11 heteroatoms. The van der Waals surface area contributed by atoms with Crippen molar-refractivity contribution in [1.82, 2.24) is 15.1 Å². The predicted molar refractivity (Wildman–Crippen MR) is 187 cm³/mol. The minimum atomic E-state index is -1.32. The van der Waals surface area contributed by atoms with Crippen LogP contribution < -0.4 is 5.32 Å². The van der Waals surface area contributed by atoms with Crippen LogP contribution in [0.4, 0.5) is 0 Å². The lowest BCUT2D eigenvalue weighted by Crippen LogP contribution is -2.62. The molecule has 1 aromatic carbocycles. The zero-order chi connectivity index (χ0) is 35.6. The fourth-order valence-corrected chi connectivity index (χ4v) is 8.68. The van der Waals surface area contributed by atoms with Crippen LogP contribution in [0.25, 0.3) is 0 Å². The van der Waals surface area contributed by atoms with Gasteiger partial charge in [-0.25, -0.2) is 0 Å². The summed E-state index contributed by atoms with van der Waals surface area (Å²) in [5.41, 5.74) is -1.25. The van der Waals surface area contributed by atoms with Crippen molar-refractivity contribution in [2.24, 2.45) is 17.8 Å². The highest BCUT2D eigenvalue weighted by atomic mass is 79.9. The summed E-state index contributed by atoms with van der Waals surface area (Å²) in [6.07, 6.45) is 3.29. The Morgan fingerprint density at radius 3 is 2.42 bits per heavy atom. The zero-order valence-corrected chi connectivity index (χ0v) is 30.6. The molecule has 48 heavy (non-hydrogen) atoms.